The van der Waals surface area contributed by atoms with Crippen molar-refractivity contribution in [3.8, 4) is 23.3 Å². The molecule has 0 spiro atoms. The van der Waals surface area contributed by atoms with Gasteiger partial charge < -0.3 is 14.6 Å². The zero-order valence-corrected chi connectivity index (χ0v) is 14.8. The van der Waals surface area contributed by atoms with E-state index in [1.54, 1.807) is 24.3 Å². The van der Waals surface area contributed by atoms with Crippen LogP contribution in [0.3, 0.4) is 0 Å². The maximum absolute atomic E-state index is 13.2. The average molecular weight is 409 g/mol. The van der Waals surface area contributed by atoms with Gasteiger partial charge in [-0.25, -0.2) is 4.79 Å². The first kappa shape index (κ1) is 19.6. The molecule has 1 N–H and O–H groups in total. The van der Waals surface area contributed by atoms with E-state index in [2.05, 4.69) is 11.8 Å². The van der Waals surface area contributed by atoms with E-state index in [1.807, 2.05) is 6.07 Å². The summed E-state index contributed by atoms with van der Waals surface area (Å²) < 4.78 is 50.1. The Kier molecular flexibility index (Phi) is 5.52. The second-order valence-corrected chi connectivity index (χ2v) is 6.16. The zero-order valence-electron chi connectivity index (χ0n) is 14.1. The maximum atomic E-state index is 13.2. The van der Waals surface area contributed by atoms with Gasteiger partial charge in [0, 0.05) is 10.6 Å². The Hall–Kier alpha value is -3.11. The monoisotopic (exact) mass is 408 g/mol. The summed E-state index contributed by atoms with van der Waals surface area (Å²) in [5.74, 6) is 4.05. The minimum Gasteiger partial charge on any atom is -0.481 e. The van der Waals surface area contributed by atoms with Crippen LogP contribution in [0.15, 0.2) is 48.0 Å². The summed E-state index contributed by atoms with van der Waals surface area (Å²) in [4.78, 5) is 11.2. The molecule has 0 radical (unpaired) electrons. The van der Waals surface area contributed by atoms with Crippen LogP contribution in [-0.2, 0) is 4.79 Å². The number of carbonyl (C=O) groups is 1. The molecule has 0 aliphatic carbocycles. The second kappa shape index (κ2) is 7.87. The van der Waals surface area contributed by atoms with Gasteiger partial charge in [0.05, 0.1) is 11.1 Å². The highest BCUT2D eigenvalue weighted by atomic mass is 35.5. The second-order valence-electron chi connectivity index (χ2n) is 5.72. The summed E-state index contributed by atoms with van der Waals surface area (Å²) in [6.07, 6.45) is -6.60. The first-order chi connectivity index (χ1) is 13.3. The number of carboxylic acid groups (broad SMARTS) is 1. The number of benzene rings is 2. The van der Waals surface area contributed by atoms with E-state index in [4.69, 9.17) is 26.2 Å². The normalized spacial score (nSPS) is 15.4. The summed E-state index contributed by atoms with van der Waals surface area (Å²) in [7, 11) is 0. The number of fused-ring (bicyclic) bond motifs is 1. The van der Waals surface area contributed by atoms with E-state index < -0.39 is 23.8 Å². The van der Waals surface area contributed by atoms with Crippen molar-refractivity contribution < 1.29 is 32.5 Å². The fraction of sp³-hybridized carbons (Fsp3) is 0.150. The molecule has 2 aromatic rings. The van der Waals surface area contributed by atoms with Crippen molar-refractivity contribution in [3.05, 3.63) is 64.2 Å². The van der Waals surface area contributed by atoms with E-state index in [0.29, 0.717) is 5.75 Å². The number of halogens is 4. The summed E-state index contributed by atoms with van der Waals surface area (Å²) in [6, 6.07) is 11.5. The molecule has 1 heterocycles. The molecule has 28 heavy (non-hydrogen) atoms. The van der Waals surface area contributed by atoms with Gasteiger partial charge in [-0.1, -0.05) is 41.6 Å². The van der Waals surface area contributed by atoms with Crippen molar-refractivity contribution in [2.45, 2.75) is 12.3 Å². The minimum absolute atomic E-state index is 0.00971. The summed E-state index contributed by atoms with van der Waals surface area (Å²) in [6.45, 7) is -0.00971. The molecule has 0 bridgehead atoms. The van der Waals surface area contributed by atoms with Crippen LogP contribution in [0.25, 0.3) is 6.08 Å². The molecule has 8 heteroatoms. The van der Waals surface area contributed by atoms with Crippen molar-refractivity contribution in [1.82, 2.24) is 0 Å². The Morgan fingerprint density at radius 2 is 1.96 bits per heavy atom. The van der Waals surface area contributed by atoms with Crippen molar-refractivity contribution in [2.75, 3.05) is 6.61 Å². The first-order valence-electron chi connectivity index (χ1n) is 7.94. The van der Waals surface area contributed by atoms with Crippen LogP contribution in [0.1, 0.15) is 11.1 Å². The third kappa shape index (κ3) is 4.41. The Bertz CT molecular complexity index is 988. The number of carboxylic acids is 1. The summed E-state index contributed by atoms with van der Waals surface area (Å²) in [5, 5.41) is 9.27. The van der Waals surface area contributed by atoms with Crippen molar-refractivity contribution in [3.63, 3.8) is 0 Å². The molecule has 0 saturated heterocycles. The highest BCUT2D eigenvalue weighted by Gasteiger charge is 2.48. The molecular formula is C20H12ClF3O4. The lowest BCUT2D eigenvalue weighted by atomic mass is 9.99. The molecule has 2 aromatic carbocycles. The fourth-order valence-corrected chi connectivity index (χ4v) is 2.78. The van der Waals surface area contributed by atoms with E-state index in [0.717, 1.165) is 6.08 Å². The van der Waals surface area contributed by atoms with Gasteiger partial charge in [-0.05, 0) is 30.3 Å². The van der Waals surface area contributed by atoms with Gasteiger partial charge in [-0.15, -0.1) is 0 Å². The maximum Gasteiger partial charge on any atom is 0.430 e. The average Bonchev–Trinajstić information content (AvgIpc) is 2.64. The van der Waals surface area contributed by atoms with Gasteiger partial charge in [0.25, 0.3) is 0 Å². The van der Waals surface area contributed by atoms with E-state index in [9.17, 15) is 18.0 Å². The van der Waals surface area contributed by atoms with Crippen molar-refractivity contribution >= 4 is 23.6 Å². The van der Waals surface area contributed by atoms with Crippen molar-refractivity contribution in [2.24, 2.45) is 0 Å². The van der Waals surface area contributed by atoms with Gasteiger partial charge in [-0.3, -0.25) is 0 Å². The van der Waals surface area contributed by atoms with Gasteiger partial charge in [-0.2, -0.15) is 13.2 Å². The number of aliphatic carboxylic acids is 1. The molecular weight excluding hydrogens is 397 g/mol. The molecule has 0 aromatic heterocycles. The molecule has 144 valence electrons. The number of alkyl halides is 3. The largest absolute Gasteiger partial charge is 0.481 e. The molecule has 0 saturated carbocycles. The predicted octanol–water partition coefficient (Wildman–Crippen LogP) is 4.56. The van der Waals surface area contributed by atoms with E-state index in [-0.39, 0.29) is 28.5 Å². The van der Waals surface area contributed by atoms with E-state index in [1.165, 1.54) is 12.1 Å². The predicted molar refractivity (Wildman–Crippen MR) is 96.4 cm³/mol. The van der Waals surface area contributed by atoms with Crippen LogP contribution in [0.4, 0.5) is 13.2 Å². The molecule has 3 rings (SSSR count). The van der Waals surface area contributed by atoms with Crippen LogP contribution in [0, 0.1) is 11.8 Å². The third-order valence-electron chi connectivity index (χ3n) is 3.73. The Balaban J connectivity index is 1.92. The molecule has 4 nitrogen and oxygen atoms in total. The highest BCUT2D eigenvalue weighted by Crippen LogP contribution is 2.40. The van der Waals surface area contributed by atoms with Gasteiger partial charge >= 0.3 is 12.1 Å². The van der Waals surface area contributed by atoms with Crippen molar-refractivity contribution in [1.29, 1.82) is 0 Å². The molecule has 1 aliphatic rings. The molecule has 1 aliphatic heterocycles. The molecule has 1 atom stereocenters. The minimum atomic E-state index is -4.90. The Morgan fingerprint density at radius 1 is 1.25 bits per heavy atom. The summed E-state index contributed by atoms with van der Waals surface area (Å²) in [5.41, 5.74) is -0.707. The standard InChI is InChI=1S/C20H12ClF3O4/c21-14-9-12(5-4-8-27-15-6-2-1-3-7-15)17-13(10-14)11-16(19(25)26)18(28-17)20(22,23)24/h1-3,6-7,9-11,18H,8H2,(H,25,26). The number of ether oxygens (including phenoxy) is 2. The quantitative estimate of drug-likeness (QED) is 0.756. The lowest BCUT2D eigenvalue weighted by Crippen LogP contribution is -2.40. The molecule has 1 unspecified atom stereocenters. The SMILES string of the molecule is O=C(O)C1=Cc2cc(Cl)cc(C#CCOc3ccccc3)c2OC1C(F)(F)F. The smallest absolute Gasteiger partial charge is 0.430 e. The number of rotatable bonds is 3. The lowest BCUT2D eigenvalue weighted by molar-refractivity contribution is -0.187. The third-order valence-corrected chi connectivity index (χ3v) is 3.95. The lowest BCUT2D eigenvalue weighted by Gasteiger charge is -2.27. The van der Waals surface area contributed by atoms with Crippen LogP contribution in [-0.4, -0.2) is 30.0 Å². The van der Waals surface area contributed by atoms with E-state index >= 15 is 0 Å². The van der Waals surface area contributed by atoms with Crippen LogP contribution in [0.2, 0.25) is 5.02 Å². The van der Waals surface area contributed by atoms with Crippen LogP contribution >= 0.6 is 11.6 Å². The Morgan fingerprint density at radius 3 is 2.61 bits per heavy atom. The fourth-order valence-electron chi connectivity index (χ4n) is 2.56. The zero-order chi connectivity index (χ0) is 20.3. The first-order valence-corrected chi connectivity index (χ1v) is 8.32. The number of hydrogen-bond acceptors (Lipinski definition) is 3. The Labute approximate surface area is 163 Å². The van der Waals surface area contributed by atoms with Gasteiger partial charge in [0.1, 0.15) is 18.1 Å². The number of para-hydroxylation sites is 1. The highest BCUT2D eigenvalue weighted by molar-refractivity contribution is 6.31. The topological polar surface area (TPSA) is 55.8 Å². The van der Waals surface area contributed by atoms with Crippen LogP contribution < -0.4 is 9.47 Å². The molecule has 0 amide bonds. The van der Waals surface area contributed by atoms with Crippen LogP contribution in [0.5, 0.6) is 11.5 Å². The number of hydrogen-bond donors (Lipinski definition) is 1. The van der Waals surface area contributed by atoms with Gasteiger partial charge in [0.15, 0.2) is 0 Å². The molecule has 0 fully saturated rings. The van der Waals surface area contributed by atoms with Gasteiger partial charge in [0.2, 0.25) is 6.10 Å². The summed E-state index contributed by atoms with van der Waals surface area (Å²) >= 11 is 5.99.